The first-order chi connectivity index (χ1) is 9.87. The molecule has 0 spiro atoms. The van der Waals surface area contributed by atoms with Crippen molar-refractivity contribution in [1.29, 1.82) is 0 Å². The molecule has 0 fully saturated rings. The number of thiophene rings is 1. The Bertz CT molecular complexity index is 692. The van der Waals surface area contributed by atoms with E-state index in [0.29, 0.717) is 12.2 Å². The largest absolute Gasteiger partial charge is 0.383 e. The molecule has 0 amide bonds. The SMILES string of the molecule is CNS(=O)(=O)c1ccccc1NCC(C)(C)c1cccs1. The average Bonchev–Trinajstić information content (AvgIpc) is 3.00. The van der Waals surface area contributed by atoms with Crippen molar-refractivity contribution >= 4 is 27.0 Å². The summed E-state index contributed by atoms with van der Waals surface area (Å²) in [5.41, 5.74) is 0.557. The molecule has 0 aliphatic heterocycles. The van der Waals surface area contributed by atoms with Crippen LogP contribution >= 0.6 is 11.3 Å². The van der Waals surface area contributed by atoms with E-state index >= 15 is 0 Å². The molecule has 0 aliphatic rings. The Kier molecular flexibility index (Phi) is 4.70. The Hall–Kier alpha value is -1.37. The molecule has 1 aromatic heterocycles. The van der Waals surface area contributed by atoms with Crippen LogP contribution in [0.2, 0.25) is 0 Å². The Balaban J connectivity index is 2.22. The van der Waals surface area contributed by atoms with E-state index in [9.17, 15) is 8.42 Å². The third-order valence-corrected chi connectivity index (χ3v) is 6.06. The predicted molar refractivity (Wildman–Crippen MR) is 88.5 cm³/mol. The summed E-state index contributed by atoms with van der Waals surface area (Å²) in [4.78, 5) is 1.54. The molecule has 2 aromatic rings. The van der Waals surface area contributed by atoms with Crippen LogP contribution in [0.1, 0.15) is 18.7 Å². The van der Waals surface area contributed by atoms with Crippen LogP contribution in [-0.2, 0) is 15.4 Å². The maximum absolute atomic E-state index is 12.0. The highest BCUT2D eigenvalue weighted by molar-refractivity contribution is 7.89. The Morgan fingerprint density at radius 2 is 1.86 bits per heavy atom. The molecule has 0 atom stereocenters. The molecule has 1 aromatic carbocycles. The number of nitrogens with one attached hydrogen (secondary N) is 2. The number of hydrogen-bond donors (Lipinski definition) is 2. The van der Waals surface area contributed by atoms with Gasteiger partial charge in [-0.25, -0.2) is 13.1 Å². The van der Waals surface area contributed by atoms with Crippen molar-refractivity contribution < 1.29 is 8.42 Å². The fourth-order valence-electron chi connectivity index (χ4n) is 2.02. The van der Waals surface area contributed by atoms with Gasteiger partial charge in [-0.05, 0) is 30.6 Å². The number of benzene rings is 1. The topological polar surface area (TPSA) is 58.2 Å². The summed E-state index contributed by atoms with van der Waals surface area (Å²) >= 11 is 1.71. The van der Waals surface area contributed by atoms with Crippen molar-refractivity contribution in [2.45, 2.75) is 24.2 Å². The lowest BCUT2D eigenvalue weighted by Crippen LogP contribution is -2.28. The zero-order chi connectivity index (χ0) is 15.5. The van der Waals surface area contributed by atoms with Gasteiger partial charge in [0.15, 0.2) is 0 Å². The zero-order valence-corrected chi connectivity index (χ0v) is 14.0. The fourth-order valence-corrected chi connectivity index (χ4v) is 3.78. The van der Waals surface area contributed by atoms with Gasteiger partial charge in [-0.15, -0.1) is 11.3 Å². The summed E-state index contributed by atoms with van der Waals surface area (Å²) in [6.07, 6.45) is 0. The van der Waals surface area contributed by atoms with E-state index in [-0.39, 0.29) is 10.3 Å². The van der Waals surface area contributed by atoms with Crippen molar-refractivity contribution in [3.63, 3.8) is 0 Å². The highest BCUT2D eigenvalue weighted by Crippen LogP contribution is 2.29. The molecule has 0 saturated carbocycles. The van der Waals surface area contributed by atoms with E-state index in [2.05, 4.69) is 35.3 Å². The summed E-state index contributed by atoms with van der Waals surface area (Å²) < 4.78 is 26.4. The molecular weight excluding hydrogens is 304 g/mol. The van der Waals surface area contributed by atoms with Gasteiger partial charge in [0.2, 0.25) is 10.0 Å². The molecule has 1 heterocycles. The van der Waals surface area contributed by atoms with E-state index in [1.807, 2.05) is 12.1 Å². The summed E-state index contributed by atoms with van der Waals surface area (Å²) in [6.45, 7) is 4.94. The van der Waals surface area contributed by atoms with Gasteiger partial charge in [0.1, 0.15) is 4.90 Å². The predicted octanol–water partition coefficient (Wildman–Crippen LogP) is 3.05. The molecule has 0 unspecified atom stereocenters. The maximum atomic E-state index is 12.0. The normalized spacial score (nSPS) is 12.3. The lowest BCUT2D eigenvalue weighted by atomic mass is 9.91. The summed E-state index contributed by atoms with van der Waals surface area (Å²) in [5, 5.41) is 5.32. The number of hydrogen-bond acceptors (Lipinski definition) is 4. The van der Waals surface area contributed by atoms with Crippen LogP contribution in [0, 0.1) is 0 Å². The summed E-state index contributed by atoms with van der Waals surface area (Å²) in [7, 11) is -2.04. The molecule has 0 bridgehead atoms. The minimum absolute atomic E-state index is 0.0648. The highest BCUT2D eigenvalue weighted by atomic mass is 32.2. The van der Waals surface area contributed by atoms with Crippen LogP contribution in [0.25, 0.3) is 0 Å². The lowest BCUT2D eigenvalue weighted by molar-refractivity contribution is 0.567. The van der Waals surface area contributed by atoms with Crippen molar-refractivity contribution in [2.24, 2.45) is 0 Å². The molecule has 0 aliphatic carbocycles. The van der Waals surface area contributed by atoms with Crippen molar-refractivity contribution in [1.82, 2.24) is 4.72 Å². The van der Waals surface area contributed by atoms with Crippen LogP contribution < -0.4 is 10.0 Å². The average molecular weight is 324 g/mol. The number of rotatable bonds is 6. The molecule has 0 saturated heterocycles. The van der Waals surface area contributed by atoms with Crippen molar-refractivity contribution in [3.05, 3.63) is 46.7 Å². The van der Waals surface area contributed by atoms with Gasteiger partial charge in [-0.3, -0.25) is 0 Å². The molecule has 21 heavy (non-hydrogen) atoms. The maximum Gasteiger partial charge on any atom is 0.242 e. The number of anilines is 1. The van der Waals surface area contributed by atoms with Crippen LogP contribution in [0.5, 0.6) is 0 Å². The smallest absolute Gasteiger partial charge is 0.242 e. The number of para-hydroxylation sites is 1. The second-order valence-electron chi connectivity index (χ2n) is 5.42. The molecule has 2 rings (SSSR count). The third kappa shape index (κ3) is 3.64. The Morgan fingerprint density at radius 1 is 1.14 bits per heavy atom. The van der Waals surface area contributed by atoms with E-state index in [0.717, 1.165) is 0 Å². The molecule has 6 heteroatoms. The molecule has 2 N–H and O–H groups in total. The highest BCUT2D eigenvalue weighted by Gasteiger charge is 2.23. The minimum atomic E-state index is -3.46. The standard InChI is InChI=1S/C15H20N2O2S2/c1-15(2,14-9-6-10-20-14)11-17-12-7-4-5-8-13(12)21(18,19)16-3/h4-10,16-17H,11H2,1-3H3. The fraction of sp³-hybridized carbons (Fsp3) is 0.333. The monoisotopic (exact) mass is 324 g/mol. The van der Waals surface area contributed by atoms with Crippen molar-refractivity contribution in [2.75, 3.05) is 18.9 Å². The lowest BCUT2D eigenvalue weighted by Gasteiger charge is -2.25. The van der Waals surface area contributed by atoms with Gasteiger partial charge in [0.05, 0.1) is 5.69 Å². The van der Waals surface area contributed by atoms with Crippen LogP contribution in [-0.4, -0.2) is 22.0 Å². The summed E-state index contributed by atoms with van der Waals surface area (Å²) in [5.74, 6) is 0. The minimum Gasteiger partial charge on any atom is -0.383 e. The van der Waals surface area contributed by atoms with E-state index in [1.54, 1.807) is 29.5 Å². The van der Waals surface area contributed by atoms with Crippen LogP contribution in [0.3, 0.4) is 0 Å². The van der Waals surface area contributed by atoms with Crippen LogP contribution in [0.15, 0.2) is 46.7 Å². The molecule has 0 radical (unpaired) electrons. The molecule has 114 valence electrons. The second kappa shape index (κ2) is 6.17. The van der Waals surface area contributed by atoms with Crippen LogP contribution in [0.4, 0.5) is 5.69 Å². The Morgan fingerprint density at radius 3 is 2.48 bits per heavy atom. The zero-order valence-electron chi connectivity index (χ0n) is 12.4. The number of sulfonamides is 1. The second-order valence-corrected chi connectivity index (χ2v) is 8.22. The first-order valence-corrected chi connectivity index (χ1v) is 9.03. The van der Waals surface area contributed by atoms with Gasteiger partial charge in [0.25, 0.3) is 0 Å². The first kappa shape index (κ1) is 16.0. The summed E-state index contributed by atoms with van der Waals surface area (Å²) in [6, 6.07) is 11.1. The quantitative estimate of drug-likeness (QED) is 0.858. The van der Waals surface area contributed by atoms with Gasteiger partial charge in [-0.2, -0.15) is 0 Å². The van der Waals surface area contributed by atoms with E-state index < -0.39 is 10.0 Å². The van der Waals surface area contributed by atoms with Gasteiger partial charge < -0.3 is 5.32 Å². The van der Waals surface area contributed by atoms with Crippen molar-refractivity contribution in [3.8, 4) is 0 Å². The van der Waals surface area contributed by atoms with Gasteiger partial charge >= 0.3 is 0 Å². The molecular formula is C15H20N2O2S2. The van der Waals surface area contributed by atoms with Gasteiger partial charge in [-0.1, -0.05) is 32.0 Å². The Labute approximate surface area is 130 Å². The van der Waals surface area contributed by atoms with Gasteiger partial charge in [0, 0.05) is 16.8 Å². The van der Waals surface area contributed by atoms with E-state index in [1.165, 1.54) is 11.9 Å². The third-order valence-electron chi connectivity index (χ3n) is 3.35. The first-order valence-electron chi connectivity index (χ1n) is 6.67. The van der Waals surface area contributed by atoms with E-state index in [4.69, 9.17) is 0 Å². The molecule has 4 nitrogen and oxygen atoms in total.